The molecule has 0 saturated carbocycles. The molecule has 0 aliphatic rings. The van der Waals surface area contributed by atoms with Crippen LogP contribution in [0.3, 0.4) is 0 Å². The highest BCUT2D eigenvalue weighted by atomic mass is 32.2. The van der Waals surface area contributed by atoms with Gasteiger partial charge in [-0.25, -0.2) is 8.42 Å². The van der Waals surface area contributed by atoms with Crippen molar-refractivity contribution in [3.05, 3.63) is 29.8 Å². The van der Waals surface area contributed by atoms with Gasteiger partial charge in [0, 0.05) is 12.2 Å². The van der Waals surface area contributed by atoms with Crippen molar-refractivity contribution in [2.24, 2.45) is 0 Å². The van der Waals surface area contributed by atoms with Crippen molar-refractivity contribution < 1.29 is 8.42 Å². The summed E-state index contributed by atoms with van der Waals surface area (Å²) in [4.78, 5) is 0. The van der Waals surface area contributed by atoms with Gasteiger partial charge in [0.15, 0.2) is 9.84 Å². The summed E-state index contributed by atoms with van der Waals surface area (Å²) in [6.07, 6.45) is 0. The van der Waals surface area contributed by atoms with Crippen LogP contribution in [-0.4, -0.2) is 25.5 Å². The van der Waals surface area contributed by atoms with Gasteiger partial charge in [-0.15, -0.1) is 0 Å². The van der Waals surface area contributed by atoms with Gasteiger partial charge < -0.3 is 5.32 Å². The number of benzene rings is 1. The first-order valence-electron chi connectivity index (χ1n) is 6.69. The second kappa shape index (κ2) is 5.95. The Hall–Kier alpha value is -1.03. The molecule has 0 unspecified atom stereocenters. The molecule has 0 bridgehead atoms. The number of sulfone groups is 1. The maximum absolute atomic E-state index is 11.9. The Bertz CT molecular complexity index is 496. The number of hydrogen-bond acceptors (Lipinski definition) is 3. The van der Waals surface area contributed by atoms with E-state index in [4.69, 9.17) is 0 Å². The van der Waals surface area contributed by atoms with Gasteiger partial charge in [0.05, 0.1) is 10.5 Å². The highest BCUT2D eigenvalue weighted by Crippen LogP contribution is 2.18. The van der Waals surface area contributed by atoms with Crippen molar-refractivity contribution in [2.45, 2.75) is 45.3 Å². The van der Waals surface area contributed by atoms with Crippen LogP contribution in [0.5, 0.6) is 0 Å². The largest absolute Gasteiger partial charge is 0.384 e. The van der Waals surface area contributed by atoms with E-state index in [2.05, 4.69) is 31.3 Å². The first-order chi connectivity index (χ1) is 8.63. The van der Waals surface area contributed by atoms with Crippen LogP contribution in [0.15, 0.2) is 24.3 Å². The first-order valence-corrected chi connectivity index (χ1v) is 8.35. The molecule has 0 spiro atoms. The van der Waals surface area contributed by atoms with Crippen molar-refractivity contribution in [1.82, 2.24) is 0 Å². The molecule has 3 nitrogen and oxygen atoms in total. The maximum atomic E-state index is 11.9. The minimum Gasteiger partial charge on any atom is -0.384 e. The predicted molar refractivity (Wildman–Crippen MR) is 82.6 cm³/mol. The first kappa shape index (κ1) is 16.0. The third-order valence-electron chi connectivity index (χ3n) is 3.21. The Balaban J connectivity index is 2.55. The molecule has 0 amide bonds. The Morgan fingerprint density at radius 2 is 1.63 bits per heavy atom. The van der Waals surface area contributed by atoms with Crippen LogP contribution in [0.2, 0.25) is 0 Å². The minimum atomic E-state index is -3.05. The minimum absolute atomic E-state index is 0.155. The van der Waals surface area contributed by atoms with E-state index in [1.165, 1.54) is 5.56 Å². The normalized spacial score (nSPS) is 12.7. The smallest absolute Gasteiger partial charge is 0.156 e. The lowest BCUT2D eigenvalue weighted by Gasteiger charge is -2.19. The third-order valence-corrected chi connectivity index (χ3v) is 5.82. The summed E-state index contributed by atoms with van der Waals surface area (Å²) in [7, 11) is -3.05. The van der Waals surface area contributed by atoms with Crippen LogP contribution in [-0.2, 0) is 9.84 Å². The van der Waals surface area contributed by atoms with Gasteiger partial charge >= 0.3 is 0 Å². The van der Waals surface area contributed by atoms with E-state index < -0.39 is 14.6 Å². The molecule has 0 atom stereocenters. The Morgan fingerprint density at radius 3 is 2.05 bits per heavy atom. The molecule has 1 N–H and O–H groups in total. The van der Waals surface area contributed by atoms with Gasteiger partial charge in [0.2, 0.25) is 0 Å². The van der Waals surface area contributed by atoms with Crippen LogP contribution >= 0.6 is 0 Å². The predicted octanol–water partition coefficient (Wildman–Crippen LogP) is 3.44. The number of nitrogens with one attached hydrogen (secondary N) is 1. The third kappa shape index (κ3) is 4.53. The number of anilines is 1. The molecule has 0 saturated heterocycles. The summed E-state index contributed by atoms with van der Waals surface area (Å²) >= 11 is 0. The molecule has 1 aromatic carbocycles. The van der Waals surface area contributed by atoms with Crippen LogP contribution in [0.4, 0.5) is 5.69 Å². The van der Waals surface area contributed by atoms with Crippen molar-refractivity contribution in [2.75, 3.05) is 17.6 Å². The highest BCUT2D eigenvalue weighted by Gasteiger charge is 2.28. The van der Waals surface area contributed by atoms with Gasteiger partial charge in [0.25, 0.3) is 0 Å². The summed E-state index contributed by atoms with van der Waals surface area (Å²) in [5, 5.41) is 3.16. The second-order valence-corrected chi connectivity index (χ2v) is 9.00. The zero-order valence-corrected chi connectivity index (χ0v) is 13.3. The standard InChI is InChI=1S/C15H25NO2S/c1-12(2)13-6-8-14(9-7-13)16-10-11-19(17,18)15(3,4)5/h6-9,12,16H,10-11H2,1-5H3. The molecule has 1 rings (SSSR count). The fraction of sp³-hybridized carbons (Fsp3) is 0.600. The maximum Gasteiger partial charge on any atom is 0.156 e. The monoisotopic (exact) mass is 283 g/mol. The van der Waals surface area contributed by atoms with Crippen molar-refractivity contribution in [3.63, 3.8) is 0 Å². The van der Waals surface area contributed by atoms with Crippen LogP contribution < -0.4 is 5.32 Å². The van der Waals surface area contributed by atoms with Gasteiger partial charge in [-0.05, 0) is 44.4 Å². The summed E-state index contributed by atoms with van der Waals surface area (Å²) in [5.74, 6) is 0.665. The summed E-state index contributed by atoms with van der Waals surface area (Å²) in [5.41, 5.74) is 2.25. The molecule has 108 valence electrons. The molecular weight excluding hydrogens is 258 g/mol. The lowest BCUT2D eigenvalue weighted by molar-refractivity contribution is 0.560. The molecular formula is C15H25NO2S. The second-order valence-electron chi connectivity index (χ2n) is 6.13. The highest BCUT2D eigenvalue weighted by molar-refractivity contribution is 7.92. The average Bonchev–Trinajstić information content (AvgIpc) is 2.28. The van der Waals surface area contributed by atoms with E-state index in [9.17, 15) is 8.42 Å². The Labute approximate surface area is 117 Å². The number of hydrogen-bond donors (Lipinski definition) is 1. The van der Waals surface area contributed by atoms with E-state index in [-0.39, 0.29) is 5.75 Å². The number of rotatable bonds is 5. The van der Waals surface area contributed by atoms with Gasteiger partial charge in [-0.1, -0.05) is 26.0 Å². The summed E-state index contributed by atoms with van der Waals surface area (Å²) in [6.45, 7) is 9.95. The summed E-state index contributed by atoms with van der Waals surface area (Å²) in [6, 6.07) is 8.15. The van der Waals surface area contributed by atoms with Gasteiger partial charge in [0.1, 0.15) is 0 Å². The van der Waals surface area contributed by atoms with Crippen LogP contribution in [0, 0.1) is 0 Å². The van der Waals surface area contributed by atoms with E-state index in [1.54, 1.807) is 20.8 Å². The lowest BCUT2D eigenvalue weighted by Crippen LogP contribution is -2.32. The lowest BCUT2D eigenvalue weighted by atomic mass is 10.0. The van der Waals surface area contributed by atoms with Gasteiger partial charge in [-0.2, -0.15) is 0 Å². The topological polar surface area (TPSA) is 46.2 Å². The molecule has 1 aromatic rings. The fourth-order valence-corrected chi connectivity index (χ4v) is 2.60. The molecule has 0 radical (unpaired) electrons. The molecule has 0 heterocycles. The Morgan fingerprint density at radius 1 is 1.11 bits per heavy atom. The van der Waals surface area contributed by atoms with E-state index >= 15 is 0 Å². The summed E-state index contributed by atoms with van der Waals surface area (Å²) < 4.78 is 23.2. The van der Waals surface area contributed by atoms with Crippen molar-refractivity contribution in [3.8, 4) is 0 Å². The molecule has 0 aliphatic heterocycles. The molecule has 0 fully saturated rings. The average molecular weight is 283 g/mol. The van der Waals surface area contributed by atoms with Crippen molar-refractivity contribution in [1.29, 1.82) is 0 Å². The fourth-order valence-electron chi connectivity index (χ4n) is 1.62. The zero-order valence-electron chi connectivity index (χ0n) is 12.5. The molecule has 19 heavy (non-hydrogen) atoms. The van der Waals surface area contributed by atoms with Crippen LogP contribution in [0.25, 0.3) is 0 Å². The quantitative estimate of drug-likeness (QED) is 0.900. The zero-order chi connectivity index (χ0) is 14.7. The van der Waals surface area contributed by atoms with E-state index in [1.807, 2.05) is 12.1 Å². The molecule has 0 aliphatic carbocycles. The van der Waals surface area contributed by atoms with E-state index in [0.29, 0.717) is 12.5 Å². The van der Waals surface area contributed by atoms with Crippen LogP contribution in [0.1, 0.15) is 46.1 Å². The molecule has 0 aromatic heterocycles. The molecule has 4 heteroatoms. The van der Waals surface area contributed by atoms with Gasteiger partial charge in [-0.3, -0.25) is 0 Å². The Kier molecular flexibility index (Phi) is 5.02. The SMILES string of the molecule is CC(C)c1ccc(NCCS(=O)(=O)C(C)(C)C)cc1. The van der Waals surface area contributed by atoms with E-state index in [0.717, 1.165) is 5.69 Å². The van der Waals surface area contributed by atoms with Crippen molar-refractivity contribution >= 4 is 15.5 Å².